The van der Waals surface area contributed by atoms with E-state index in [2.05, 4.69) is 49.4 Å². The highest BCUT2D eigenvalue weighted by atomic mass is 16.5. The molecule has 156 valence electrons. The van der Waals surface area contributed by atoms with E-state index in [0.29, 0.717) is 12.4 Å². The molecule has 3 N–H and O–H groups in total. The summed E-state index contributed by atoms with van der Waals surface area (Å²) in [4.78, 5) is 15.3. The third-order valence-corrected chi connectivity index (χ3v) is 5.82. The number of nitrogens with zero attached hydrogens (tertiary/aromatic N) is 1. The Labute approximate surface area is 172 Å². The molecule has 29 heavy (non-hydrogen) atoms. The molecule has 4 rings (SSSR count). The number of hydrogen-bond donors (Lipinski definition) is 3. The fourth-order valence-electron chi connectivity index (χ4n) is 4.05. The molecule has 0 atom stereocenters. The zero-order valence-electron chi connectivity index (χ0n) is 17.6. The van der Waals surface area contributed by atoms with Crippen LogP contribution < -0.4 is 19.9 Å². The van der Waals surface area contributed by atoms with Crippen LogP contribution in [0.3, 0.4) is 0 Å². The monoisotopic (exact) mass is 400 g/mol. The van der Waals surface area contributed by atoms with E-state index in [1.54, 1.807) is 4.90 Å². The molecular formula is C22H32N4O3+2. The first kappa shape index (κ1) is 19.9. The van der Waals surface area contributed by atoms with E-state index in [1.807, 2.05) is 6.07 Å². The van der Waals surface area contributed by atoms with Gasteiger partial charge in [-0.25, -0.2) is 0 Å². The Morgan fingerprint density at radius 3 is 2.62 bits per heavy atom. The lowest BCUT2D eigenvalue weighted by molar-refractivity contribution is -1.02. The molecule has 2 aromatic rings. The smallest absolute Gasteiger partial charge is 0.281 e. The highest BCUT2D eigenvalue weighted by Gasteiger charge is 2.26. The zero-order valence-corrected chi connectivity index (χ0v) is 17.6. The lowest BCUT2D eigenvalue weighted by atomic mass is 9.92. The number of fused-ring (bicyclic) bond motifs is 1. The molecule has 0 radical (unpaired) electrons. The Morgan fingerprint density at radius 1 is 1.14 bits per heavy atom. The van der Waals surface area contributed by atoms with Crippen molar-refractivity contribution >= 4 is 11.8 Å². The number of amides is 1. The molecule has 0 aliphatic carbocycles. The Morgan fingerprint density at radius 2 is 1.90 bits per heavy atom. The van der Waals surface area contributed by atoms with Crippen LogP contribution in [0.25, 0.3) is 0 Å². The van der Waals surface area contributed by atoms with E-state index in [9.17, 15) is 4.79 Å². The summed E-state index contributed by atoms with van der Waals surface area (Å²) in [7, 11) is 0. The van der Waals surface area contributed by atoms with Gasteiger partial charge in [0.25, 0.3) is 5.91 Å². The van der Waals surface area contributed by atoms with Crippen LogP contribution in [0.4, 0.5) is 5.88 Å². The molecule has 7 nitrogen and oxygen atoms in total. The number of aromatic nitrogens is 1. The predicted octanol–water partition coefficient (Wildman–Crippen LogP) is -0.171. The molecule has 3 heterocycles. The Hall–Kier alpha value is -2.38. The summed E-state index contributed by atoms with van der Waals surface area (Å²) in [6, 6.07) is 8.41. The topological polar surface area (TPSA) is 73.2 Å². The van der Waals surface area contributed by atoms with Crippen LogP contribution in [0.1, 0.15) is 37.6 Å². The Bertz CT molecular complexity index is 863. The minimum Gasteiger partial charge on any atom is -0.493 e. The number of quaternary nitrogens is 2. The lowest BCUT2D eigenvalue weighted by Crippen LogP contribution is -3.28. The van der Waals surface area contributed by atoms with Crippen molar-refractivity contribution in [1.82, 2.24) is 5.16 Å². The number of carbonyl (C=O) groups is 1. The maximum Gasteiger partial charge on any atom is 0.281 e. The molecule has 0 saturated carbocycles. The van der Waals surface area contributed by atoms with Crippen molar-refractivity contribution in [2.24, 2.45) is 0 Å². The van der Waals surface area contributed by atoms with E-state index in [1.165, 1.54) is 16.0 Å². The molecule has 1 aromatic heterocycles. The Kier molecular flexibility index (Phi) is 5.61. The van der Waals surface area contributed by atoms with Crippen LogP contribution in [0.2, 0.25) is 0 Å². The molecule has 0 spiro atoms. The van der Waals surface area contributed by atoms with Gasteiger partial charge in [0.05, 0.1) is 12.3 Å². The molecular weight excluding hydrogens is 368 g/mol. The summed E-state index contributed by atoms with van der Waals surface area (Å²) < 4.78 is 10.9. The van der Waals surface area contributed by atoms with E-state index < -0.39 is 0 Å². The van der Waals surface area contributed by atoms with E-state index in [0.717, 1.165) is 57.2 Å². The fourth-order valence-corrected chi connectivity index (χ4v) is 4.05. The van der Waals surface area contributed by atoms with Gasteiger partial charge in [-0.2, -0.15) is 0 Å². The van der Waals surface area contributed by atoms with Gasteiger partial charge in [0.2, 0.25) is 5.88 Å². The van der Waals surface area contributed by atoms with E-state index >= 15 is 0 Å². The summed E-state index contributed by atoms with van der Waals surface area (Å²) in [6.45, 7) is 12.7. The quantitative estimate of drug-likeness (QED) is 0.652. The number of benzene rings is 1. The minimum absolute atomic E-state index is 0.0151. The number of hydrogen-bond acceptors (Lipinski definition) is 4. The second kappa shape index (κ2) is 8.16. The van der Waals surface area contributed by atoms with Crippen LogP contribution in [0.5, 0.6) is 5.75 Å². The lowest BCUT2D eigenvalue weighted by Gasteiger charge is -2.29. The van der Waals surface area contributed by atoms with Crippen molar-refractivity contribution in [3.8, 4) is 5.75 Å². The van der Waals surface area contributed by atoms with Crippen LogP contribution in [0, 0.1) is 0 Å². The van der Waals surface area contributed by atoms with Crippen molar-refractivity contribution in [3.05, 3.63) is 41.1 Å². The molecule has 0 bridgehead atoms. The van der Waals surface area contributed by atoms with Crippen molar-refractivity contribution in [3.63, 3.8) is 0 Å². The van der Waals surface area contributed by atoms with Crippen molar-refractivity contribution in [1.29, 1.82) is 0 Å². The van der Waals surface area contributed by atoms with E-state index in [4.69, 9.17) is 9.26 Å². The Balaban J connectivity index is 1.22. The van der Waals surface area contributed by atoms with Gasteiger partial charge < -0.3 is 19.1 Å². The maximum atomic E-state index is 12.4. The van der Waals surface area contributed by atoms with Crippen LogP contribution in [0.15, 0.2) is 28.8 Å². The highest BCUT2D eigenvalue weighted by molar-refractivity contribution is 5.90. The van der Waals surface area contributed by atoms with Gasteiger partial charge in [0.1, 0.15) is 38.5 Å². The van der Waals surface area contributed by atoms with Gasteiger partial charge >= 0.3 is 0 Å². The van der Waals surface area contributed by atoms with Crippen molar-refractivity contribution < 1.29 is 23.9 Å². The summed E-state index contributed by atoms with van der Waals surface area (Å²) in [6.07, 6.45) is 1.02. The first-order valence-corrected chi connectivity index (χ1v) is 10.6. The van der Waals surface area contributed by atoms with Gasteiger partial charge in [0.15, 0.2) is 6.54 Å². The third-order valence-electron chi connectivity index (χ3n) is 5.82. The van der Waals surface area contributed by atoms with Gasteiger partial charge in [-0.1, -0.05) is 25.9 Å². The third kappa shape index (κ3) is 4.97. The number of rotatable bonds is 5. The average Bonchev–Trinajstić information content (AvgIpc) is 3.32. The van der Waals surface area contributed by atoms with Crippen LogP contribution in [-0.2, 0) is 23.2 Å². The summed E-state index contributed by atoms with van der Waals surface area (Å²) in [5.74, 6) is 1.47. The molecule has 1 fully saturated rings. The van der Waals surface area contributed by atoms with Crippen molar-refractivity contribution in [2.45, 2.75) is 39.2 Å². The molecule has 7 heteroatoms. The standard InChI is InChI=1S/C22H30N4O3/c1-22(2,3)19-13-21(29-24-19)23-20(27)15-26-9-7-25(8-10-26)14-16-4-5-18-17(12-16)6-11-28-18/h4-5,12-13H,6-11,14-15H2,1-3H3,(H,23,27)/p+2. The summed E-state index contributed by atoms with van der Waals surface area (Å²) >= 11 is 0. The number of nitrogens with one attached hydrogen (secondary N) is 3. The van der Waals surface area contributed by atoms with Crippen molar-refractivity contribution in [2.75, 3.05) is 44.6 Å². The molecule has 1 amide bonds. The number of anilines is 1. The van der Waals surface area contributed by atoms with Crippen LogP contribution >= 0.6 is 0 Å². The highest BCUT2D eigenvalue weighted by Crippen LogP contribution is 2.25. The van der Waals surface area contributed by atoms with Gasteiger partial charge in [-0.3, -0.25) is 10.1 Å². The predicted molar refractivity (Wildman–Crippen MR) is 109 cm³/mol. The molecule has 1 aromatic carbocycles. The zero-order chi connectivity index (χ0) is 20.4. The minimum atomic E-state index is -0.0946. The first-order valence-electron chi connectivity index (χ1n) is 10.6. The second-order valence-electron chi connectivity index (χ2n) is 9.27. The first-order chi connectivity index (χ1) is 13.9. The SMILES string of the molecule is CC(C)(C)c1cc(NC(=O)C[NH+]2CC[NH+](Cc3ccc4c(c3)CCO4)CC2)on1. The average molecular weight is 401 g/mol. The molecule has 0 unspecified atom stereocenters. The molecule has 2 aliphatic heterocycles. The van der Waals surface area contributed by atoms with Gasteiger partial charge in [-0.05, 0) is 23.8 Å². The van der Waals surface area contributed by atoms with E-state index in [-0.39, 0.29) is 11.3 Å². The van der Waals surface area contributed by atoms with Crippen LogP contribution in [-0.4, -0.2) is 50.4 Å². The fraction of sp³-hybridized carbons (Fsp3) is 0.545. The normalized spacial score (nSPS) is 21.5. The van der Waals surface area contributed by atoms with Gasteiger partial charge in [-0.15, -0.1) is 0 Å². The number of piperazine rings is 1. The number of carbonyl (C=O) groups excluding carboxylic acids is 1. The molecule has 1 saturated heterocycles. The summed E-state index contributed by atoms with van der Waals surface area (Å²) in [5.41, 5.74) is 3.47. The molecule has 2 aliphatic rings. The van der Waals surface area contributed by atoms with Gasteiger partial charge in [0, 0.05) is 23.5 Å². The maximum absolute atomic E-state index is 12.4. The number of ether oxygens (including phenoxy) is 1. The largest absolute Gasteiger partial charge is 0.493 e. The summed E-state index contributed by atoms with van der Waals surface area (Å²) in [5, 5.41) is 6.90. The second-order valence-corrected chi connectivity index (χ2v) is 9.27.